The summed E-state index contributed by atoms with van der Waals surface area (Å²) < 4.78 is 0. The number of hydrogen-bond donors (Lipinski definition) is 1. The molecule has 1 heterocycles. The SMILES string of the molecule is Cc1nccc(N=CC2CCC(N)CC2)n1. The summed E-state index contributed by atoms with van der Waals surface area (Å²) in [7, 11) is 0. The molecule has 1 aliphatic carbocycles. The number of aliphatic imine (C=N–C) groups is 1. The third-order valence-electron chi connectivity index (χ3n) is 3.00. The fourth-order valence-electron chi connectivity index (χ4n) is 1.99. The smallest absolute Gasteiger partial charge is 0.155 e. The van der Waals surface area contributed by atoms with Crippen LogP contribution >= 0.6 is 0 Å². The molecular formula is C12H18N4. The van der Waals surface area contributed by atoms with Gasteiger partial charge in [-0.3, -0.25) is 0 Å². The minimum absolute atomic E-state index is 0.394. The van der Waals surface area contributed by atoms with Gasteiger partial charge in [-0.15, -0.1) is 0 Å². The Kier molecular flexibility index (Phi) is 3.62. The number of aryl methyl sites for hydroxylation is 1. The average Bonchev–Trinajstić information content (AvgIpc) is 2.28. The van der Waals surface area contributed by atoms with Crippen LogP contribution < -0.4 is 5.73 Å². The quantitative estimate of drug-likeness (QED) is 0.772. The highest BCUT2D eigenvalue weighted by atomic mass is 15.0. The molecule has 0 saturated heterocycles. The zero-order valence-corrected chi connectivity index (χ0v) is 9.63. The van der Waals surface area contributed by atoms with Crippen LogP contribution in [0.5, 0.6) is 0 Å². The highest BCUT2D eigenvalue weighted by Gasteiger charge is 2.16. The Balaban J connectivity index is 1.94. The Labute approximate surface area is 96.0 Å². The van der Waals surface area contributed by atoms with Crippen molar-refractivity contribution in [2.45, 2.75) is 38.6 Å². The third-order valence-corrected chi connectivity index (χ3v) is 3.00. The summed E-state index contributed by atoms with van der Waals surface area (Å²) in [5.41, 5.74) is 5.86. The van der Waals surface area contributed by atoms with E-state index in [1.54, 1.807) is 6.20 Å². The summed E-state index contributed by atoms with van der Waals surface area (Å²) in [5.74, 6) is 2.08. The van der Waals surface area contributed by atoms with E-state index in [-0.39, 0.29) is 0 Å². The lowest BCUT2D eigenvalue weighted by atomic mass is 9.87. The highest BCUT2D eigenvalue weighted by Crippen LogP contribution is 2.22. The third kappa shape index (κ3) is 3.10. The first kappa shape index (κ1) is 11.2. The molecule has 0 atom stereocenters. The first-order valence-corrected chi connectivity index (χ1v) is 5.83. The lowest BCUT2D eigenvalue weighted by molar-refractivity contribution is 0.396. The van der Waals surface area contributed by atoms with Crippen molar-refractivity contribution < 1.29 is 0 Å². The molecule has 0 amide bonds. The standard InChI is InChI=1S/C12H18N4/c1-9-14-7-6-12(16-9)15-8-10-2-4-11(13)5-3-10/h6-8,10-11H,2-5,13H2,1H3. The predicted molar refractivity (Wildman–Crippen MR) is 64.9 cm³/mol. The first-order chi connectivity index (χ1) is 7.74. The largest absolute Gasteiger partial charge is 0.328 e. The van der Waals surface area contributed by atoms with E-state index in [9.17, 15) is 0 Å². The molecular weight excluding hydrogens is 200 g/mol. The van der Waals surface area contributed by atoms with Crippen LogP contribution in [0.15, 0.2) is 17.3 Å². The van der Waals surface area contributed by atoms with Gasteiger partial charge in [0.25, 0.3) is 0 Å². The van der Waals surface area contributed by atoms with Crippen LogP contribution in [0.2, 0.25) is 0 Å². The van der Waals surface area contributed by atoms with Gasteiger partial charge in [0.05, 0.1) is 0 Å². The molecule has 1 fully saturated rings. The van der Waals surface area contributed by atoms with Crippen LogP contribution in [0.3, 0.4) is 0 Å². The molecule has 1 aromatic heterocycles. The van der Waals surface area contributed by atoms with Gasteiger partial charge in [-0.2, -0.15) is 0 Å². The Morgan fingerprint density at radius 1 is 1.38 bits per heavy atom. The molecule has 86 valence electrons. The maximum atomic E-state index is 5.86. The van der Waals surface area contributed by atoms with Crippen molar-refractivity contribution in [1.29, 1.82) is 0 Å². The van der Waals surface area contributed by atoms with E-state index in [0.717, 1.165) is 37.3 Å². The molecule has 1 aromatic rings. The maximum absolute atomic E-state index is 5.86. The molecule has 0 bridgehead atoms. The molecule has 2 N–H and O–H groups in total. The summed E-state index contributed by atoms with van der Waals surface area (Å²) in [6.45, 7) is 1.87. The van der Waals surface area contributed by atoms with Gasteiger partial charge >= 0.3 is 0 Å². The monoisotopic (exact) mass is 218 g/mol. The van der Waals surface area contributed by atoms with Crippen LogP contribution in [0.1, 0.15) is 31.5 Å². The van der Waals surface area contributed by atoms with Gasteiger partial charge in [-0.1, -0.05) is 0 Å². The summed E-state index contributed by atoms with van der Waals surface area (Å²) in [5, 5.41) is 0. The lowest BCUT2D eigenvalue weighted by Crippen LogP contribution is -2.26. The highest BCUT2D eigenvalue weighted by molar-refractivity contribution is 5.64. The van der Waals surface area contributed by atoms with E-state index in [1.807, 2.05) is 19.2 Å². The second-order valence-corrected chi connectivity index (χ2v) is 4.42. The van der Waals surface area contributed by atoms with Gasteiger partial charge in [-0.05, 0) is 38.5 Å². The Morgan fingerprint density at radius 2 is 2.12 bits per heavy atom. The molecule has 0 unspecified atom stereocenters. The van der Waals surface area contributed by atoms with Crippen molar-refractivity contribution in [3.8, 4) is 0 Å². The van der Waals surface area contributed by atoms with Crippen molar-refractivity contribution in [1.82, 2.24) is 9.97 Å². The topological polar surface area (TPSA) is 64.2 Å². The Bertz CT molecular complexity index is 367. The fraction of sp³-hybridized carbons (Fsp3) is 0.583. The van der Waals surface area contributed by atoms with Crippen LogP contribution in [0.25, 0.3) is 0 Å². The zero-order valence-electron chi connectivity index (χ0n) is 9.63. The van der Waals surface area contributed by atoms with E-state index in [2.05, 4.69) is 15.0 Å². The van der Waals surface area contributed by atoms with Gasteiger partial charge in [0, 0.05) is 24.5 Å². The van der Waals surface area contributed by atoms with Crippen molar-refractivity contribution in [2.24, 2.45) is 16.6 Å². The second kappa shape index (κ2) is 5.16. The summed E-state index contributed by atoms with van der Waals surface area (Å²) in [4.78, 5) is 12.7. The van der Waals surface area contributed by atoms with E-state index in [4.69, 9.17) is 5.73 Å². The molecule has 2 rings (SSSR count). The minimum Gasteiger partial charge on any atom is -0.328 e. The summed E-state index contributed by atoms with van der Waals surface area (Å²) >= 11 is 0. The van der Waals surface area contributed by atoms with E-state index in [0.29, 0.717) is 12.0 Å². The predicted octanol–water partition coefficient (Wildman–Crippen LogP) is 2.00. The van der Waals surface area contributed by atoms with Crippen molar-refractivity contribution in [3.05, 3.63) is 18.1 Å². The summed E-state index contributed by atoms with van der Waals surface area (Å²) in [6.07, 6.45) is 8.28. The van der Waals surface area contributed by atoms with Crippen molar-refractivity contribution >= 4 is 12.0 Å². The van der Waals surface area contributed by atoms with E-state index in [1.165, 1.54) is 0 Å². The van der Waals surface area contributed by atoms with Crippen LogP contribution in [0.4, 0.5) is 5.82 Å². The number of rotatable bonds is 2. The van der Waals surface area contributed by atoms with Crippen LogP contribution in [0, 0.1) is 12.8 Å². The molecule has 0 aromatic carbocycles. The summed E-state index contributed by atoms with van der Waals surface area (Å²) in [6, 6.07) is 2.23. The molecule has 0 aliphatic heterocycles. The molecule has 16 heavy (non-hydrogen) atoms. The van der Waals surface area contributed by atoms with Gasteiger partial charge in [0.2, 0.25) is 0 Å². The van der Waals surface area contributed by atoms with Crippen LogP contribution in [-0.4, -0.2) is 22.2 Å². The molecule has 4 heteroatoms. The van der Waals surface area contributed by atoms with E-state index >= 15 is 0 Å². The van der Waals surface area contributed by atoms with Gasteiger partial charge < -0.3 is 5.73 Å². The normalized spacial score (nSPS) is 26.1. The number of hydrogen-bond acceptors (Lipinski definition) is 4. The number of nitrogens with two attached hydrogens (primary N) is 1. The van der Waals surface area contributed by atoms with Crippen molar-refractivity contribution in [2.75, 3.05) is 0 Å². The molecule has 4 nitrogen and oxygen atoms in total. The zero-order chi connectivity index (χ0) is 11.4. The molecule has 0 spiro atoms. The average molecular weight is 218 g/mol. The maximum Gasteiger partial charge on any atom is 0.155 e. The first-order valence-electron chi connectivity index (χ1n) is 5.83. The molecule has 0 radical (unpaired) electrons. The van der Waals surface area contributed by atoms with Gasteiger partial charge in [0.1, 0.15) is 5.82 Å². The van der Waals surface area contributed by atoms with Crippen molar-refractivity contribution in [3.63, 3.8) is 0 Å². The number of aromatic nitrogens is 2. The van der Waals surface area contributed by atoms with Gasteiger partial charge in [-0.25, -0.2) is 15.0 Å². The Morgan fingerprint density at radius 3 is 2.81 bits per heavy atom. The minimum atomic E-state index is 0.394. The number of nitrogens with zero attached hydrogens (tertiary/aromatic N) is 3. The van der Waals surface area contributed by atoms with Crippen LogP contribution in [-0.2, 0) is 0 Å². The Hall–Kier alpha value is -1.29. The van der Waals surface area contributed by atoms with E-state index < -0.39 is 0 Å². The second-order valence-electron chi connectivity index (χ2n) is 4.42. The van der Waals surface area contributed by atoms with Gasteiger partial charge in [0.15, 0.2) is 5.82 Å². The lowest BCUT2D eigenvalue weighted by Gasteiger charge is -2.22. The molecule has 1 saturated carbocycles. The molecule has 1 aliphatic rings. The fourth-order valence-corrected chi connectivity index (χ4v) is 1.99.